The van der Waals surface area contributed by atoms with Crippen LogP contribution in [-0.2, 0) is 4.79 Å². The van der Waals surface area contributed by atoms with Gasteiger partial charge in [-0.05, 0) is 48.7 Å². The first-order chi connectivity index (χ1) is 18.2. The number of nitrogens with one attached hydrogen (secondary N) is 1. The van der Waals surface area contributed by atoms with E-state index in [0.29, 0.717) is 53.1 Å². The van der Waals surface area contributed by atoms with Gasteiger partial charge in [0.25, 0.3) is 0 Å². The molecule has 0 atom stereocenters. The van der Waals surface area contributed by atoms with E-state index in [-0.39, 0.29) is 22.6 Å². The third kappa shape index (κ3) is 5.73. The number of hydrogen-bond acceptors (Lipinski definition) is 8. The molecule has 1 amide bonds. The number of carbonyl (C=O) groups is 2. The monoisotopic (exact) mass is 562 g/mol. The van der Waals surface area contributed by atoms with Gasteiger partial charge in [0.15, 0.2) is 16.6 Å². The summed E-state index contributed by atoms with van der Waals surface area (Å²) in [5, 5.41) is 3.93. The van der Waals surface area contributed by atoms with Crippen molar-refractivity contribution in [3.8, 4) is 11.5 Å². The smallest absolute Gasteiger partial charge is 0.246 e. The van der Waals surface area contributed by atoms with Crippen molar-refractivity contribution < 1.29 is 27.8 Å². The quantitative estimate of drug-likeness (QED) is 0.293. The molecule has 1 aromatic heterocycles. The molecule has 0 aliphatic carbocycles. The molecule has 1 aliphatic rings. The van der Waals surface area contributed by atoms with Gasteiger partial charge in [-0.1, -0.05) is 29.0 Å². The zero-order chi connectivity index (χ0) is 27.4. The molecular weight excluding hydrogens is 538 g/mol. The summed E-state index contributed by atoms with van der Waals surface area (Å²) in [5.74, 6) is -2.15. The molecule has 0 spiro atoms. The molecule has 8 nitrogen and oxygen atoms in total. The first kappa shape index (κ1) is 27.3. The Morgan fingerprint density at radius 2 is 1.84 bits per heavy atom. The number of nitrogens with two attached hydrogens (primary N) is 1. The van der Waals surface area contributed by atoms with Gasteiger partial charge in [-0.3, -0.25) is 9.59 Å². The number of halogens is 3. The number of benzene rings is 2. The first-order valence-electron chi connectivity index (χ1n) is 11.6. The Balaban J connectivity index is 1.35. The number of carbonyl (C=O) groups excluding carboxylic acids is 2. The van der Waals surface area contributed by atoms with E-state index in [1.807, 2.05) is 0 Å². The Labute approximate surface area is 227 Å². The molecule has 2 heterocycles. The van der Waals surface area contributed by atoms with Crippen LogP contribution in [0.5, 0.6) is 11.5 Å². The lowest BCUT2D eigenvalue weighted by Crippen LogP contribution is -2.41. The fourth-order valence-corrected chi connectivity index (χ4v) is 5.31. The Hall–Kier alpha value is -3.70. The Bertz CT molecular complexity index is 1370. The van der Waals surface area contributed by atoms with Crippen molar-refractivity contribution in [2.75, 3.05) is 38.4 Å². The third-order valence-corrected chi connectivity index (χ3v) is 7.50. The van der Waals surface area contributed by atoms with Crippen molar-refractivity contribution >= 4 is 51.7 Å². The van der Waals surface area contributed by atoms with Gasteiger partial charge in [0.2, 0.25) is 11.7 Å². The molecule has 0 bridgehead atoms. The van der Waals surface area contributed by atoms with Crippen LogP contribution in [0.3, 0.4) is 0 Å². The normalized spacial score (nSPS) is 14.1. The van der Waals surface area contributed by atoms with Crippen LogP contribution < -0.4 is 20.5 Å². The number of rotatable bonds is 8. The second-order valence-corrected chi connectivity index (χ2v) is 9.82. The van der Waals surface area contributed by atoms with Crippen molar-refractivity contribution in [1.29, 1.82) is 0 Å². The van der Waals surface area contributed by atoms with E-state index in [4.69, 9.17) is 26.8 Å². The number of amides is 1. The maximum atomic E-state index is 14.0. The van der Waals surface area contributed by atoms with Gasteiger partial charge in [-0.25, -0.2) is 13.8 Å². The number of nitrogens with zero attached hydrogens (tertiary/aromatic N) is 2. The van der Waals surface area contributed by atoms with Crippen LogP contribution in [0.2, 0.25) is 5.02 Å². The summed E-state index contributed by atoms with van der Waals surface area (Å²) < 4.78 is 38.6. The number of nitrogen functional groups attached to an aromatic ring is 1. The lowest BCUT2D eigenvalue weighted by molar-refractivity contribution is -0.126. The number of hydrogen-bond donors (Lipinski definition) is 2. The summed E-state index contributed by atoms with van der Waals surface area (Å²) in [6.07, 6.45) is 4.34. The van der Waals surface area contributed by atoms with Crippen LogP contribution in [0.1, 0.15) is 33.6 Å². The lowest BCUT2D eigenvalue weighted by atomic mass is 10.1. The average Bonchev–Trinajstić information content (AvgIpc) is 3.27. The number of aromatic nitrogens is 1. The number of methoxy groups -OCH3 is 2. The van der Waals surface area contributed by atoms with Crippen molar-refractivity contribution in [2.24, 2.45) is 0 Å². The summed E-state index contributed by atoms with van der Waals surface area (Å²) in [7, 11) is 3.00. The number of thiazole rings is 1. The van der Waals surface area contributed by atoms with Crippen LogP contribution in [0.25, 0.3) is 6.08 Å². The minimum absolute atomic E-state index is 0.0259. The molecule has 0 radical (unpaired) electrons. The molecule has 1 aliphatic heterocycles. The molecule has 38 heavy (non-hydrogen) atoms. The Morgan fingerprint density at radius 3 is 2.47 bits per heavy atom. The molecule has 12 heteroatoms. The lowest BCUT2D eigenvalue weighted by Gasteiger charge is -2.31. The number of likely N-dealkylation sites (tertiary alicyclic amines) is 1. The zero-order valence-electron chi connectivity index (χ0n) is 20.6. The molecule has 1 fully saturated rings. The van der Waals surface area contributed by atoms with Gasteiger partial charge in [0, 0.05) is 25.2 Å². The van der Waals surface area contributed by atoms with E-state index in [1.165, 1.54) is 26.4 Å². The van der Waals surface area contributed by atoms with Gasteiger partial charge in [0.05, 0.1) is 24.8 Å². The predicted octanol–water partition coefficient (Wildman–Crippen LogP) is 5.02. The molecule has 3 N–H and O–H groups in total. The van der Waals surface area contributed by atoms with E-state index in [1.54, 1.807) is 23.1 Å². The van der Waals surface area contributed by atoms with Crippen LogP contribution >= 0.6 is 22.9 Å². The molecule has 0 unspecified atom stereocenters. The molecule has 3 aromatic rings. The standard InChI is InChI=1S/C26H25ClF2N4O4S/c1-36-18-8-6-14(21(27)23(18)37-2)7-9-19(34)33-12-10-15(11-13-33)31-26-32-25(30)24(38-26)22(35)20-16(28)4-3-5-17(20)29/h3-9,15H,10-13,30H2,1-2H3,(H,31,32)/b9-7+. The SMILES string of the molecule is COc1ccc(/C=C/C(=O)N2CCC(Nc3nc(N)c(C(=O)c4c(F)cccc4F)s3)CC2)c(Cl)c1OC. The van der Waals surface area contributed by atoms with Crippen LogP contribution in [0.4, 0.5) is 19.7 Å². The summed E-state index contributed by atoms with van der Waals surface area (Å²) in [4.78, 5) is 31.3. The summed E-state index contributed by atoms with van der Waals surface area (Å²) in [6.45, 7) is 0.987. The number of ether oxygens (including phenoxy) is 2. The minimum atomic E-state index is -0.961. The fraction of sp³-hybridized carbons (Fsp3) is 0.269. The zero-order valence-corrected chi connectivity index (χ0v) is 22.2. The summed E-state index contributed by atoms with van der Waals surface area (Å²) >= 11 is 7.32. The third-order valence-electron chi connectivity index (χ3n) is 6.10. The average molecular weight is 563 g/mol. The Kier molecular flexibility index (Phi) is 8.48. The first-order valence-corrected chi connectivity index (χ1v) is 12.8. The molecule has 0 saturated carbocycles. The number of piperidine rings is 1. The largest absolute Gasteiger partial charge is 0.493 e. The highest BCUT2D eigenvalue weighted by molar-refractivity contribution is 7.18. The van der Waals surface area contributed by atoms with Crippen LogP contribution in [-0.4, -0.2) is 54.9 Å². The van der Waals surface area contributed by atoms with Gasteiger partial charge < -0.3 is 25.4 Å². The topological polar surface area (TPSA) is 107 Å². The number of anilines is 2. The highest BCUT2D eigenvalue weighted by atomic mass is 35.5. The maximum Gasteiger partial charge on any atom is 0.246 e. The van der Waals surface area contributed by atoms with Gasteiger partial charge >= 0.3 is 0 Å². The van der Waals surface area contributed by atoms with E-state index in [0.717, 1.165) is 23.5 Å². The minimum Gasteiger partial charge on any atom is -0.493 e. The molecule has 2 aromatic carbocycles. The predicted molar refractivity (Wildman–Crippen MR) is 143 cm³/mol. The van der Waals surface area contributed by atoms with Gasteiger partial charge in [-0.15, -0.1) is 0 Å². The maximum absolute atomic E-state index is 14.0. The number of ketones is 1. The highest BCUT2D eigenvalue weighted by Gasteiger charge is 2.26. The molecule has 1 saturated heterocycles. The van der Waals surface area contributed by atoms with Gasteiger partial charge in [-0.2, -0.15) is 0 Å². The van der Waals surface area contributed by atoms with Gasteiger partial charge in [0.1, 0.15) is 22.3 Å². The van der Waals surface area contributed by atoms with E-state index in [2.05, 4.69) is 10.3 Å². The molecule has 200 valence electrons. The van der Waals surface area contributed by atoms with Crippen molar-refractivity contribution in [1.82, 2.24) is 9.88 Å². The van der Waals surface area contributed by atoms with E-state index in [9.17, 15) is 18.4 Å². The van der Waals surface area contributed by atoms with Crippen molar-refractivity contribution in [3.63, 3.8) is 0 Å². The van der Waals surface area contributed by atoms with E-state index >= 15 is 0 Å². The second kappa shape index (κ2) is 11.8. The van der Waals surface area contributed by atoms with Crippen molar-refractivity contribution in [2.45, 2.75) is 18.9 Å². The summed E-state index contributed by atoms with van der Waals surface area (Å²) in [5.41, 5.74) is 5.84. The second-order valence-electron chi connectivity index (χ2n) is 8.44. The molecule has 4 rings (SSSR count). The highest BCUT2D eigenvalue weighted by Crippen LogP contribution is 2.38. The molecular formula is C26H25ClF2N4O4S. The van der Waals surface area contributed by atoms with Crippen LogP contribution in [0.15, 0.2) is 36.4 Å². The fourth-order valence-electron chi connectivity index (χ4n) is 4.10. The Morgan fingerprint density at radius 1 is 1.16 bits per heavy atom. The van der Waals surface area contributed by atoms with Crippen LogP contribution in [0, 0.1) is 11.6 Å². The van der Waals surface area contributed by atoms with Crippen molar-refractivity contribution in [3.05, 3.63) is 69.1 Å². The van der Waals surface area contributed by atoms with E-state index < -0.39 is 23.0 Å². The summed E-state index contributed by atoms with van der Waals surface area (Å²) in [6, 6.07) is 6.63.